The molecule has 4 nitrogen and oxygen atoms in total. The molecule has 3 rings (SSSR count). The van der Waals surface area contributed by atoms with Crippen molar-refractivity contribution in [2.45, 2.75) is 18.7 Å². The van der Waals surface area contributed by atoms with Crippen LogP contribution in [0.4, 0.5) is 0 Å². The van der Waals surface area contributed by atoms with Crippen LogP contribution < -0.4 is 0 Å². The first-order valence-corrected chi connectivity index (χ1v) is 9.18. The summed E-state index contributed by atoms with van der Waals surface area (Å²) in [4.78, 5) is 25.5. The number of carbonyl (C=O) groups excluding carboxylic acids is 2. The number of benzene rings is 1. The van der Waals surface area contributed by atoms with E-state index < -0.39 is 5.97 Å². The molecular weight excluding hydrogens is 334 g/mol. The van der Waals surface area contributed by atoms with Crippen molar-refractivity contribution in [1.82, 2.24) is 4.40 Å². The van der Waals surface area contributed by atoms with Crippen LogP contribution in [0.1, 0.15) is 34.7 Å². The second-order valence-corrected chi connectivity index (χ2v) is 6.72. The van der Waals surface area contributed by atoms with Gasteiger partial charge in [0.25, 0.3) is 0 Å². The average Bonchev–Trinajstić information content (AvgIpc) is 2.97. The van der Waals surface area contributed by atoms with E-state index in [2.05, 4.69) is 6.92 Å². The fourth-order valence-corrected chi connectivity index (χ4v) is 3.60. The molecule has 25 heavy (non-hydrogen) atoms. The number of pyridine rings is 1. The van der Waals surface area contributed by atoms with Crippen molar-refractivity contribution in [1.29, 1.82) is 0 Å². The molecule has 0 saturated carbocycles. The highest BCUT2D eigenvalue weighted by Gasteiger charge is 2.25. The van der Waals surface area contributed by atoms with Crippen molar-refractivity contribution in [3.63, 3.8) is 0 Å². The first-order chi connectivity index (χ1) is 12.2. The molecule has 0 fully saturated rings. The highest BCUT2D eigenvalue weighted by molar-refractivity contribution is 7.99. The predicted octanol–water partition coefficient (Wildman–Crippen LogP) is 4.71. The molecule has 0 amide bonds. The van der Waals surface area contributed by atoms with Crippen molar-refractivity contribution in [2.24, 2.45) is 0 Å². The number of hydrogen-bond acceptors (Lipinski definition) is 4. The minimum Gasteiger partial charge on any atom is -0.462 e. The summed E-state index contributed by atoms with van der Waals surface area (Å²) in [6.45, 7) is 4.15. The third-order valence-electron chi connectivity index (χ3n) is 3.93. The lowest BCUT2D eigenvalue weighted by Crippen LogP contribution is -2.05. The number of carbonyl (C=O) groups is 2. The molecule has 0 aliphatic carbocycles. The third kappa shape index (κ3) is 3.20. The Balaban J connectivity index is 2.26. The minimum atomic E-state index is -0.415. The Kier molecular flexibility index (Phi) is 5.24. The molecule has 2 aromatic heterocycles. The predicted molar refractivity (Wildman–Crippen MR) is 101 cm³/mol. The molecule has 0 atom stereocenters. The van der Waals surface area contributed by atoms with Crippen molar-refractivity contribution < 1.29 is 14.3 Å². The zero-order valence-corrected chi connectivity index (χ0v) is 15.0. The summed E-state index contributed by atoms with van der Waals surface area (Å²) in [5, 5.41) is 0. The fourth-order valence-electron chi connectivity index (χ4n) is 2.94. The smallest absolute Gasteiger partial charge is 0.340 e. The molecule has 0 unspecified atom stereocenters. The molecule has 0 aliphatic rings. The number of aldehydes is 1. The van der Waals surface area contributed by atoms with Gasteiger partial charge in [0.05, 0.1) is 23.4 Å². The molecule has 1 aromatic carbocycles. The van der Waals surface area contributed by atoms with E-state index in [4.69, 9.17) is 4.74 Å². The number of aromatic nitrogens is 1. The van der Waals surface area contributed by atoms with E-state index in [1.54, 1.807) is 29.3 Å². The zero-order valence-electron chi connectivity index (χ0n) is 14.2. The van der Waals surface area contributed by atoms with Gasteiger partial charge in [-0.25, -0.2) is 4.79 Å². The van der Waals surface area contributed by atoms with Gasteiger partial charge in [-0.2, -0.15) is 0 Å². The van der Waals surface area contributed by atoms with E-state index in [1.807, 2.05) is 42.5 Å². The van der Waals surface area contributed by atoms with Crippen LogP contribution in [0.2, 0.25) is 0 Å². The summed E-state index contributed by atoms with van der Waals surface area (Å²) in [6.07, 6.45) is 2.58. The lowest BCUT2D eigenvalue weighted by molar-refractivity contribution is 0.0529. The molecule has 3 aromatic rings. The van der Waals surface area contributed by atoms with E-state index >= 15 is 0 Å². The maximum absolute atomic E-state index is 12.6. The van der Waals surface area contributed by atoms with Gasteiger partial charge in [0.15, 0.2) is 6.29 Å². The van der Waals surface area contributed by atoms with Gasteiger partial charge in [-0.05, 0) is 42.5 Å². The van der Waals surface area contributed by atoms with Crippen LogP contribution in [-0.2, 0) is 4.74 Å². The van der Waals surface area contributed by atoms with Gasteiger partial charge in [0.1, 0.15) is 0 Å². The zero-order chi connectivity index (χ0) is 17.8. The van der Waals surface area contributed by atoms with Crippen LogP contribution >= 0.6 is 11.8 Å². The number of rotatable bonds is 6. The topological polar surface area (TPSA) is 47.8 Å². The van der Waals surface area contributed by atoms with E-state index in [0.717, 1.165) is 22.5 Å². The Bertz CT molecular complexity index is 913. The van der Waals surface area contributed by atoms with Crippen LogP contribution in [0.15, 0.2) is 53.6 Å². The molecule has 128 valence electrons. The molecular formula is C20H19NO3S. The maximum Gasteiger partial charge on any atom is 0.340 e. The van der Waals surface area contributed by atoms with Gasteiger partial charge in [-0.15, -0.1) is 11.8 Å². The van der Waals surface area contributed by atoms with Crippen LogP contribution in [0.5, 0.6) is 0 Å². The molecule has 0 N–H and O–H groups in total. The number of ether oxygens (including phenoxy) is 1. The van der Waals surface area contributed by atoms with Crippen molar-refractivity contribution in [2.75, 3.05) is 12.4 Å². The number of nitrogens with zero attached hydrogens (tertiary/aromatic N) is 1. The number of thioether (sulfide) groups is 1. The second kappa shape index (κ2) is 7.57. The Morgan fingerprint density at radius 2 is 1.92 bits per heavy atom. The van der Waals surface area contributed by atoms with E-state index in [-0.39, 0.29) is 6.61 Å². The Morgan fingerprint density at radius 1 is 1.16 bits per heavy atom. The number of fused-ring (bicyclic) bond motifs is 1. The Labute approximate surface area is 150 Å². The summed E-state index contributed by atoms with van der Waals surface area (Å²) in [5.74, 6) is 0.574. The quantitative estimate of drug-likeness (QED) is 0.366. The van der Waals surface area contributed by atoms with Crippen LogP contribution in [0.3, 0.4) is 0 Å². The maximum atomic E-state index is 12.6. The summed E-state index contributed by atoms with van der Waals surface area (Å²) in [5.41, 5.74) is 3.00. The summed E-state index contributed by atoms with van der Waals surface area (Å²) in [6, 6.07) is 13.4. The van der Waals surface area contributed by atoms with Crippen LogP contribution in [-0.4, -0.2) is 29.0 Å². The first kappa shape index (κ1) is 17.3. The lowest BCUT2D eigenvalue weighted by Gasteiger charge is -2.07. The number of hydrogen-bond donors (Lipinski definition) is 0. The molecule has 0 saturated heterocycles. The molecule has 0 spiro atoms. The minimum absolute atomic E-state index is 0.283. The molecule has 2 heterocycles. The van der Waals surface area contributed by atoms with Gasteiger partial charge in [0, 0.05) is 16.7 Å². The van der Waals surface area contributed by atoms with Crippen molar-refractivity contribution in [3.8, 4) is 11.1 Å². The van der Waals surface area contributed by atoms with Gasteiger partial charge in [-0.3, -0.25) is 4.79 Å². The van der Waals surface area contributed by atoms with Crippen molar-refractivity contribution >= 4 is 29.5 Å². The van der Waals surface area contributed by atoms with E-state index in [0.29, 0.717) is 22.3 Å². The third-order valence-corrected chi connectivity index (χ3v) is 4.82. The van der Waals surface area contributed by atoms with E-state index in [9.17, 15) is 9.59 Å². The SMILES string of the molecule is CCOC(=O)c1c(-c2ccc(SCC)cc2)c(C=O)n2ccccc12. The Morgan fingerprint density at radius 3 is 2.56 bits per heavy atom. The van der Waals surface area contributed by atoms with Gasteiger partial charge < -0.3 is 9.14 Å². The summed E-state index contributed by atoms with van der Waals surface area (Å²) in [7, 11) is 0. The van der Waals surface area contributed by atoms with Gasteiger partial charge in [0.2, 0.25) is 0 Å². The molecule has 5 heteroatoms. The largest absolute Gasteiger partial charge is 0.462 e. The van der Waals surface area contributed by atoms with Gasteiger partial charge >= 0.3 is 5.97 Å². The average molecular weight is 353 g/mol. The molecule has 0 aliphatic heterocycles. The fraction of sp³-hybridized carbons (Fsp3) is 0.200. The van der Waals surface area contributed by atoms with E-state index in [1.165, 1.54) is 0 Å². The van der Waals surface area contributed by atoms with Crippen molar-refractivity contribution in [3.05, 3.63) is 59.9 Å². The summed E-state index contributed by atoms with van der Waals surface area (Å²) < 4.78 is 6.99. The van der Waals surface area contributed by atoms with Crippen LogP contribution in [0, 0.1) is 0 Å². The normalized spacial score (nSPS) is 10.8. The highest BCUT2D eigenvalue weighted by atomic mass is 32.2. The summed E-state index contributed by atoms with van der Waals surface area (Å²) >= 11 is 1.75. The number of esters is 1. The Hall–Kier alpha value is -2.53. The highest BCUT2D eigenvalue weighted by Crippen LogP contribution is 2.34. The lowest BCUT2D eigenvalue weighted by atomic mass is 10.0. The monoisotopic (exact) mass is 353 g/mol. The standard InChI is InChI=1S/C20H19NO3S/c1-3-24-20(23)19-16-7-5-6-12-21(16)17(13-22)18(19)14-8-10-15(11-9-14)25-4-2/h5-13H,3-4H2,1-2H3. The van der Waals surface area contributed by atoms with Crippen LogP contribution in [0.25, 0.3) is 16.6 Å². The molecule has 0 radical (unpaired) electrons. The molecule has 0 bridgehead atoms. The first-order valence-electron chi connectivity index (χ1n) is 8.19. The van der Waals surface area contributed by atoms with Gasteiger partial charge in [-0.1, -0.05) is 25.1 Å². The second-order valence-electron chi connectivity index (χ2n) is 5.39.